The van der Waals surface area contributed by atoms with E-state index in [1.54, 1.807) is 12.3 Å². The maximum Gasteiger partial charge on any atom is 0.268 e. The smallest absolute Gasteiger partial charge is 0.268 e. The molecule has 0 aliphatic carbocycles. The molecule has 0 bridgehead atoms. The molecule has 0 aliphatic heterocycles. The van der Waals surface area contributed by atoms with Gasteiger partial charge in [0.25, 0.3) is 12.7 Å². The van der Waals surface area contributed by atoms with Crippen molar-refractivity contribution in [3.05, 3.63) is 280 Å². The number of hydrogen-bond acceptors (Lipinski definition) is 4. The molecule has 0 spiro atoms. The van der Waals surface area contributed by atoms with Crippen LogP contribution in [0, 0.1) is 24.8 Å². The molecule has 9 nitrogen and oxygen atoms in total. The van der Waals surface area contributed by atoms with Crippen LogP contribution in [-0.4, -0.2) is 29.6 Å². The summed E-state index contributed by atoms with van der Waals surface area (Å²) in [7, 11) is 0. The van der Waals surface area contributed by atoms with Crippen molar-refractivity contribution >= 4 is 0 Å². The van der Waals surface area contributed by atoms with Crippen LogP contribution in [0.4, 0.5) is 0 Å². The summed E-state index contributed by atoms with van der Waals surface area (Å²) in [4.78, 5) is 4.02. The second-order valence-electron chi connectivity index (χ2n) is 15.5. The number of nitrogens with zero attached hydrogens (tertiary/aromatic N) is 9. The van der Waals surface area contributed by atoms with Crippen LogP contribution in [-0.2, 0) is 20.1 Å². The van der Waals surface area contributed by atoms with Gasteiger partial charge in [0.1, 0.15) is 0 Å². The molecule has 0 saturated heterocycles. The summed E-state index contributed by atoms with van der Waals surface area (Å²) in [5, 5.41) is 14.0. The SMILES string of the molecule is [Ir].[c-]1ccccc1-n1[c-][n+](-c2ccccc2)c(-c2ccccc2)c1-c1ccccc1.[c-]1ccccc1-n1[c-][n+](-c2ccccc2)c(-c2ccccc2)c1-c1ccccc1.c1ccc(-c2nnn[n-]2)nc1. The van der Waals surface area contributed by atoms with E-state index in [-0.39, 0.29) is 20.1 Å². The average Bonchev–Trinajstić information content (AvgIpc) is 4.23. The Balaban J connectivity index is 0.000000141. The molecule has 1 radical (unpaired) electrons. The van der Waals surface area contributed by atoms with Gasteiger partial charge >= 0.3 is 0 Å². The maximum absolute atomic E-state index is 4.02. The largest absolute Gasteiger partial charge is 0.329 e. The number of tetrazole rings is 1. The Hall–Kier alpha value is -8.95. The fourth-order valence-electron chi connectivity index (χ4n) is 7.94. The first-order valence-corrected chi connectivity index (χ1v) is 22.4. The normalized spacial score (nSPS) is 10.5. The van der Waals surface area contributed by atoms with Gasteiger partial charge < -0.3 is 14.2 Å². The average molecular weight is 1080 g/mol. The second kappa shape index (κ2) is 22.7. The van der Waals surface area contributed by atoms with Gasteiger partial charge in [-0.15, -0.1) is 0 Å². The molecule has 339 valence electrons. The minimum absolute atomic E-state index is 0. The van der Waals surface area contributed by atoms with Gasteiger partial charge in [-0.1, -0.05) is 164 Å². The number of pyridine rings is 1. The Morgan fingerprint density at radius 2 is 0.786 bits per heavy atom. The van der Waals surface area contributed by atoms with E-state index in [4.69, 9.17) is 0 Å². The van der Waals surface area contributed by atoms with E-state index in [1.165, 1.54) is 0 Å². The van der Waals surface area contributed by atoms with Gasteiger partial charge in [-0.3, -0.25) is 24.4 Å². The van der Waals surface area contributed by atoms with Crippen LogP contribution in [0.25, 0.3) is 79.3 Å². The summed E-state index contributed by atoms with van der Waals surface area (Å²) < 4.78 is 8.48. The first-order chi connectivity index (χ1) is 34.3. The van der Waals surface area contributed by atoms with Crippen molar-refractivity contribution in [3.8, 4) is 79.3 Å². The number of benzene rings is 8. The van der Waals surface area contributed by atoms with E-state index >= 15 is 0 Å². The van der Waals surface area contributed by atoms with Gasteiger partial charge in [0, 0.05) is 26.3 Å². The van der Waals surface area contributed by atoms with Gasteiger partial charge in [-0.2, -0.15) is 65.9 Å². The van der Waals surface area contributed by atoms with Crippen molar-refractivity contribution in [2.75, 3.05) is 0 Å². The third kappa shape index (κ3) is 10.4. The molecule has 8 aromatic carbocycles. The molecule has 0 amide bonds. The molecule has 0 N–H and O–H groups in total. The van der Waals surface area contributed by atoms with Crippen molar-refractivity contribution in [2.45, 2.75) is 0 Å². The molecule has 12 rings (SSSR count). The minimum Gasteiger partial charge on any atom is -0.329 e. The van der Waals surface area contributed by atoms with Gasteiger partial charge in [0.2, 0.25) is 0 Å². The Morgan fingerprint density at radius 1 is 0.400 bits per heavy atom. The van der Waals surface area contributed by atoms with Crippen molar-refractivity contribution in [3.63, 3.8) is 0 Å². The van der Waals surface area contributed by atoms with Gasteiger partial charge in [0.15, 0.2) is 0 Å². The summed E-state index contributed by atoms with van der Waals surface area (Å²) in [6.07, 6.45) is 8.84. The molecule has 0 fully saturated rings. The van der Waals surface area contributed by atoms with Crippen LogP contribution < -0.4 is 14.2 Å². The Labute approximate surface area is 420 Å². The van der Waals surface area contributed by atoms with Crippen molar-refractivity contribution < 1.29 is 29.2 Å². The monoisotopic (exact) mass is 1080 g/mol. The molecule has 0 saturated carbocycles. The summed E-state index contributed by atoms with van der Waals surface area (Å²) in [6, 6.07) is 90.9. The van der Waals surface area contributed by atoms with E-state index in [1.807, 2.05) is 84.9 Å². The zero-order valence-corrected chi connectivity index (χ0v) is 40.0. The van der Waals surface area contributed by atoms with Crippen LogP contribution in [0.15, 0.2) is 255 Å². The van der Waals surface area contributed by atoms with Gasteiger partial charge in [-0.25, -0.2) is 0 Å². The van der Waals surface area contributed by atoms with Crippen LogP contribution in [0.3, 0.4) is 0 Å². The third-order valence-electron chi connectivity index (χ3n) is 11.0. The Bertz CT molecular complexity index is 3040. The molecular formula is C60H42IrN9-3. The summed E-state index contributed by atoms with van der Waals surface area (Å²) in [5.41, 5.74) is 13.7. The molecule has 70 heavy (non-hydrogen) atoms. The second-order valence-corrected chi connectivity index (χ2v) is 15.5. The predicted octanol–water partition coefficient (Wildman–Crippen LogP) is 11.3. The first-order valence-electron chi connectivity index (χ1n) is 22.4. The van der Waals surface area contributed by atoms with Crippen molar-refractivity contribution in [1.82, 2.24) is 34.7 Å². The van der Waals surface area contributed by atoms with E-state index in [0.29, 0.717) is 11.5 Å². The fourth-order valence-corrected chi connectivity index (χ4v) is 7.94. The van der Waals surface area contributed by atoms with E-state index < -0.39 is 0 Å². The van der Waals surface area contributed by atoms with E-state index in [0.717, 1.165) is 67.8 Å². The quantitative estimate of drug-likeness (QED) is 0.106. The molecule has 4 aromatic heterocycles. The molecular weight excluding hydrogens is 1040 g/mol. The number of para-hydroxylation sites is 4. The first kappa shape index (κ1) is 46.2. The predicted molar refractivity (Wildman–Crippen MR) is 268 cm³/mol. The van der Waals surface area contributed by atoms with E-state index in [2.05, 4.69) is 226 Å². The molecule has 0 unspecified atom stereocenters. The number of imidazole rings is 2. The van der Waals surface area contributed by atoms with Crippen molar-refractivity contribution in [2.24, 2.45) is 0 Å². The van der Waals surface area contributed by atoms with Crippen LogP contribution >= 0.6 is 0 Å². The molecule has 0 aliphatic rings. The van der Waals surface area contributed by atoms with Gasteiger partial charge in [-0.05, 0) is 70.0 Å². The Morgan fingerprint density at radius 3 is 1.14 bits per heavy atom. The number of aromatic nitrogens is 9. The molecule has 12 aromatic rings. The van der Waals surface area contributed by atoms with Crippen LogP contribution in [0.5, 0.6) is 0 Å². The minimum atomic E-state index is 0. The Kier molecular flexibility index (Phi) is 15.0. The summed E-state index contributed by atoms with van der Waals surface area (Å²) in [5.74, 6) is 0.464. The zero-order chi connectivity index (χ0) is 46.5. The molecule has 10 heteroatoms. The van der Waals surface area contributed by atoms with Crippen LogP contribution in [0.2, 0.25) is 0 Å². The third-order valence-corrected chi connectivity index (χ3v) is 11.0. The summed E-state index contributed by atoms with van der Waals surface area (Å²) >= 11 is 0. The molecule has 4 heterocycles. The van der Waals surface area contributed by atoms with Crippen LogP contribution in [0.1, 0.15) is 0 Å². The maximum atomic E-state index is 4.02. The summed E-state index contributed by atoms with van der Waals surface area (Å²) in [6.45, 7) is 0. The standard InChI is InChI=1S/2C27H19N2.C6H4N5.Ir/c2*1-5-13-22(14-6-1)26-27(23-15-7-2-8-16-23)29(25-19-11-4-12-20-25)21-28(26)24-17-9-3-10-18-24;1-2-4-7-5(3-1)6-8-10-11-9-6;/h2*1-19H;1-4H;/q3*-1;. The fraction of sp³-hybridized carbons (Fsp3) is 0. The van der Waals surface area contributed by atoms with Crippen molar-refractivity contribution in [1.29, 1.82) is 0 Å². The van der Waals surface area contributed by atoms with E-state index in [9.17, 15) is 0 Å². The number of rotatable bonds is 9. The molecule has 0 atom stereocenters. The zero-order valence-electron chi connectivity index (χ0n) is 37.6. The number of hydrogen-bond donors (Lipinski definition) is 0. The topological polar surface area (TPSA) is 83.3 Å². The van der Waals surface area contributed by atoms with Gasteiger partial charge in [0.05, 0.1) is 45.7 Å².